The Morgan fingerprint density at radius 2 is 1.41 bits per heavy atom. The van der Waals surface area contributed by atoms with Crippen molar-refractivity contribution >= 4 is 5.97 Å². The summed E-state index contributed by atoms with van der Waals surface area (Å²) in [5.41, 5.74) is 0. The average molecular weight is 373 g/mol. The Balaban J connectivity index is 1.41. The third-order valence-corrected chi connectivity index (χ3v) is 6.71. The summed E-state index contributed by atoms with van der Waals surface area (Å²) in [4.78, 5) is 12.5. The number of rotatable bonds is 7. The maximum absolute atomic E-state index is 12.5. The fraction of sp³-hybridized carbons (Fsp3) is 0.708. The summed E-state index contributed by atoms with van der Waals surface area (Å²) in [6.45, 7) is 4.91. The fourth-order valence-electron chi connectivity index (χ4n) is 5.15. The first kappa shape index (κ1) is 20.2. The van der Waals surface area contributed by atoms with E-state index in [0.29, 0.717) is 12.4 Å². The van der Waals surface area contributed by atoms with Gasteiger partial charge in [0.25, 0.3) is 0 Å². The van der Waals surface area contributed by atoms with Gasteiger partial charge in [-0.1, -0.05) is 32.6 Å². The summed E-state index contributed by atoms with van der Waals surface area (Å²) in [5.74, 6) is 4.18. The van der Waals surface area contributed by atoms with Gasteiger partial charge in [0, 0.05) is 0 Å². The third-order valence-electron chi connectivity index (χ3n) is 6.71. The van der Waals surface area contributed by atoms with Crippen LogP contribution in [0.25, 0.3) is 0 Å². The molecule has 1 aromatic rings. The first-order chi connectivity index (χ1) is 13.2. The third kappa shape index (κ3) is 5.73. The fourth-order valence-corrected chi connectivity index (χ4v) is 5.15. The van der Waals surface area contributed by atoms with Crippen LogP contribution in [0.3, 0.4) is 0 Å². The Labute approximate surface area is 164 Å². The van der Waals surface area contributed by atoms with Crippen molar-refractivity contribution in [3.05, 3.63) is 24.3 Å². The molecule has 0 radical (unpaired) electrons. The summed E-state index contributed by atoms with van der Waals surface area (Å²) < 4.78 is 11.0. The lowest BCUT2D eigenvalue weighted by atomic mass is 9.69. The van der Waals surface area contributed by atoms with Gasteiger partial charge in [-0.2, -0.15) is 0 Å². The molecule has 3 rings (SSSR count). The summed E-state index contributed by atoms with van der Waals surface area (Å²) in [7, 11) is 0. The quantitative estimate of drug-likeness (QED) is 0.410. The SMILES string of the molecule is CCCC1CCC(C2CCC(C(=O)Oc3ccc(OCC)cc3)CC2)CC1. The molecule has 2 aliphatic rings. The highest BCUT2D eigenvalue weighted by atomic mass is 16.5. The van der Waals surface area contributed by atoms with E-state index in [1.807, 2.05) is 31.2 Å². The van der Waals surface area contributed by atoms with E-state index in [1.54, 1.807) is 0 Å². The number of carbonyl (C=O) groups is 1. The first-order valence-corrected chi connectivity index (χ1v) is 11.1. The first-order valence-electron chi connectivity index (χ1n) is 11.1. The van der Waals surface area contributed by atoms with Crippen molar-refractivity contribution in [1.29, 1.82) is 0 Å². The van der Waals surface area contributed by atoms with E-state index in [4.69, 9.17) is 9.47 Å². The van der Waals surface area contributed by atoms with Crippen molar-refractivity contribution in [1.82, 2.24) is 0 Å². The predicted octanol–water partition coefficient (Wildman–Crippen LogP) is 6.40. The zero-order valence-corrected chi connectivity index (χ0v) is 17.1. The lowest BCUT2D eigenvalue weighted by Crippen LogP contribution is -2.30. The molecule has 27 heavy (non-hydrogen) atoms. The summed E-state index contributed by atoms with van der Waals surface area (Å²) in [6.07, 6.45) is 12.8. The largest absolute Gasteiger partial charge is 0.494 e. The van der Waals surface area contributed by atoms with Gasteiger partial charge in [0.15, 0.2) is 0 Å². The molecule has 0 bridgehead atoms. The molecule has 0 aliphatic heterocycles. The Hall–Kier alpha value is -1.51. The summed E-state index contributed by atoms with van der Waals surface area (Å²) in [6, 6.07) is 7.36. The van der Waals surface area contributed by atoms with Crippen LogP contribution in [-0.4, -0.2) is 12.6 Å². The van der Waals surface area contributed by atoms with E-state index in [0.717, 1.165) is 36.3 Å². The molecule has 2 aliphatic carbocycles. The van der Waals surface area contributed by atoms with Gasteiger partial charge in [-0.05, 0) is 87.5 Å². The number of carbonyl (C=O) groups excluding carboxylic acids is 1. The summed E-state index contributed by atoms with van der Waals surface area (Å²) in [5, 5.41) is 0. The molecule has 0 saturated heterocycles. The second-order valence-corrected chi connectivity index (χ2v) is 8.51. The Kier molecular flexibility index (Phi) is 7.60. The van der Waals surface area contributed by atoms with E-state index in [9.17, 15) is 4.79 Å². The second-order valence-electron chi connectivity index (χ2n) is 8.51. The van der Waals surface area contributed by atoms with Crippen molar-refractivity contribution in [3.63, 3.8) is 0 Å². The molecule has 150 valence electrons. The number of esters is 1. The normalized spacial score (nSPS) is 28.5. The van der Waals surface area contributed by atoms with E-state index in [-0.39, 0.29) is 11.9 Å². The highest BCUT2D eigenvalue weighted by Crippen LogP contribution is 2.42. The molecule has 0 aromatic heterocycles. The van der Waals surface area contributed by atoms with Crippen LogP contribution in [0, 0.1) is 23.7 Å². The molecule has 2 saturated carbocycles. The zero-order valence-electron chi connectivity index (χ0n) is 17.1. The van der Waals surface area contributed by atoms with Gasteiger partial charge in [0.1, 0.15) is 11.5 Å². The molecular weight excluding hydrogens is 336 g/mol. The van der Waals surface area contributed by atoms with Crippen LogP contribution < -0.4 is 9.47 Å². The lowest BCUT2D eigenvalue weighted by molar-refractivity contribution is -0.140. The molecule has 0 amide bonds. The lowest BCUT2D eigenvalue weighted by Gasteiger charge is -2.37. The second kappa shape index (κ2) is 10.1. The van der Waals surface area contributed by atoms with Gasteiger partial charge < -0.3 is 9.47 Å². The molecule has 2 fully saturated rings. The molecule has 0 heterocycles. The molecule has 3 heteroatoms. The minimum Gasteiger partial charge on any atom is -0.494 e. The minimum absolute atomic E-state index is 0.0516. The maximum atomic E-state index is 12.5. The Morgan fingerprint density at radius 1 is 0.852 bits per heavy atom. The predicted molar refractivity (Wildman–Crippen MR) is 109 cm³/mol. The molecule has 0 atom stereocenters. The highest BCUT2D eigenvalue weighted by Gasteiger charge is 2.33. The van der Waals surface area contributed by atoms with E-state index < -0.39 is 0 Å². The molecule has 3 nitrogen and oxygen atoms in total. The molecule has 1 aromatic carbocycles. The van der Waals surface area contributed by atoms with Crippen LogP contribution in [-0.2, 0) is 4.79 Å². The van der Waals surface area contributed by atoms with E-state index in [2.05, 4.69) is 6.92 Å². The molecule has 0 unspecified atom stereocenters. The van der Waals surface area contributed by atoms with Gasteiger partial charge in [0.05, 0.1) is 12.5 Å². The van der Waals surface area contributed by atoms with Crippen LogP contribution in [0.5, 0.6) is 11.5 Å². The van der Waals surface area contributed by atoms with Crippen molar-refractivity contribution < 1.29 is 14.3 Å². The minimum atomic E-state index is -0.0516. The van der Waals surface area contributed by atoms with Gasteiger partial charge >= 0.3 is 5.97 Å². The Morgan fingerprint density at radius 3 is 1.96 bits per heavy atom. The van der Waals surface area contributed by atoms with Crippen molar-refractivity contribution in [2.75, 3.05) is 6.61 Å². The number of hydrogen-bond acceptors (Lipinski definition) is 3. The van der Waals surface area contributed by atoms with Crippen LogP contribution in [0.4, 0.5) is 0 Å². The number of hydrogen-bond donors (Lipinski definition) is 0. The highest BCUT2D eigenvalue weighted by molar-refractivity contribution is 5.75. The van der Waals surface area contributed by atoms with Crippen LogP contribution in [0.1, 0.15) is 78.1 Å². The van der Waals surface area contributed by atoms with Gasteiger partial charge in [-0.25, -0.2) is 0 Å². The average Bonchev–Trinajstić information content (AvgIpc) is 2.71. The van der Waals surface area contributed by atoms with Crippen molar-refractivity contribution in [3.8, 4) is 11.5 Å². The van der Waals surface area contributed by atoms with Crippen LogP contribution in [0.15, 0.2) is 24.3 Å². The van der Waals surface area contributed by atoms with Crippen molar-refractivity contribution in [2.45, 2.75) is 78.1 Å². The van der Waals surface area contributed by atoms with Gasteiger partial charge in [0.2, 0.25) is 0 Å². The molecular formula is C24H36O3. The zero-order chi connectivity index (χ0) is 19.1. The summed E-state index contributed by atoms with van der Waals surface area (Å²) >= 11 is 0. The monoisotopic (exact) mass is 372 g/mol. The van der Waals surface area contributed by atoms with Crippen LogP contribution >= 0.6 is 0 Å². The topological polar surface area (TPSA) is 35.5 Å². The van der Waals surface area contributed by atoms with Crippen molar-refractivity contribution in [2.24, 2.45) is 23.7 Å². The molecule has 0 spiro atoms. The van der Waals surface area contributed by atoms with Gasteiger partial charge in [-0.3, -0.25) is 4.79 Å². The molecule has 0 N–H and O–H groups in total. The maximum Gasteiger partial charge on any atom is 0.314 e. The van der Waals surface area contributed by atoms with Gasteiger partial charge in [-0.15, -0.1) is 0 Å². The standard InChI is InChI=1S/C24H36O3/c1-3-5-18-6-8-19(9-7-18)20-10-12-21(13-11-20)24(25)27-23-16-14-22(15-17-23)26-4-2/h14-21H,3-13H2,1-2H3. The van der Waals surface area contributed by atoms with E-state index >= 15 is 0 Å². The number of ether oxygens (including phenoxy) is 2. The van der Waals surface area contributed by atoms with E-state index in [1.165, 1.54) is 51.4 Å². The Bertz CT molecular complexity index is 564. The number of benzene rings is 1. The smallest absolute Gasteiger partial charge is 0.314 e. The van der Waals surface area contributed by atoms with Crippen LogP contribution in [0.2, 0.25) is 0 Å².